The molecule has 0 radical (unpaired) electrons. The summed E-state index contributed by atoms with van der Waals surface area (Å²) in [5.41, 5.74) is 1.53. The maximum atomic E-state index is 11.6. The molecule has 0 atom stereocenters. The van der Waals surface area contributed by atoms with Crippen LogP contribution < -0.4 is 0 Å². The summed E-state index contributed by atoms with van der Waals surface area (Å²) in [5, 5.41) is 1.04. The number of carbonyl (C=O) groups is 1. The highest BCUT2D eigenvalue weighted by atomic mass is 16.3. The Morgan fingerprint density at radius 1 is 1.36 bits per heavy atom. The lowest BCUT2D eigenvalue weighted by Crippen LogP contribution is -1.96. The molecule has 1 heterocycles. The second-order valence-electron chi connectivity index (χ2n) is 3.35. The first-order valence-electron chi connectivity index (χ1n) is 4.81. The minimum atomic E-state index is 0.186. The maximum absolute atomic E-state index is 11.6. The normalized spacial score (nSPS) is 10.6. The van der Waals surface area contributed by atoms with E-state index in [9.17, 15) is 4.79 Å². The quantitative estimate of drug-likeness (QED) is 0.691. The van der Waals surface area contributed by atoms with Gasteiger partial charge >= 0.3 is 0 Å². The Labute approximate surface area is 82.5 Å². The second-order valence-corrected chi connectivity index (χ2v) is 3.35. The van der Waals surface area contributed by atoms with Crippen LogP contribution in [0.5, 0.6) is 0 Å². The summed E-state index contributed by atoms with van der Waals surface area (Å²) in [5.74, 6) is 0.186. The molecular formula is C12H12O2. The fraction of sp³-hybridized carbons (Fsp3) is 0.250. The van der Waals surface area contributed by atoms with Gasteiger partial charge in [-0.2, -0.15) is 0 Å². The van der Waals surface area contributed by atoms with Crippen molar-refractivity contribution in [3.8, 4) is 0 Å². The number of Topliss-reactive ketones (excluding diaryl/α,β-unsaturated/α-hetero) is 1. The highest BCUT2D eigenvalue weighted by molar-refractivity contribution is 5.98. The van der Waals surface area contributed by atoms with Gasteiger partial charge in [-0.3, -0.25) is 4.79 Å². The molecule has 0 saturated carbocycles. The first-order valence-corrected chi connectivity index (χ1v) is 4.81. The van der Waals surface area contributed by atoms with Crippen molar-refractivity contribution >= 4 is 16.8 Å². The van der Waals surface area contributed by atoms with Crippen molar-refractivity contribution in [2.75, 3.05) is 0 Å². The number of benzene rings is 1. The molecule has 2 heteroatoms. The van der Waals surface area contributed by atoms with E-state index < -0.39 is 0 Å². The number of carbonyl (C=O) groups excluding carboxylic acids is 1. The molecule has 0 spiro atoms. The predicted octanol–water partition coefficient (Wildman–Crippen LogP) is 3.42. The molecule has 0 N–H and O–H groups in total. The Bertz CT molecular complexity index is 454. The molecular weight excluding hydrogens is 176 g/mol. The predicted molar refractivity (Wildman–Crippen MR) is 55.5 cm³/mol. The molecule has 0 saturated heterocycles. The molecule has 0 amide bonds. The Kier molecular flexibility index (Phi) is 2.35. The molecule has 1 aromatic carbocycles. The van der Waals surface area contributed by atoms with E-state index >= 15 is 0 Å². The molecule has 0 bridgehead atoms. The van der Waals surface area contributed by atoms with E-state index in [4.69, 9.17) is 4.42 Å². The molecule has 14 heavy (non-hydrogen) atoms. The maximum Gasteiger partial charge on any atom is 0.163 e. The second kappa shape index (κ2) is 3.66. The lowest BCUT2D eigenvalue weighted by Gasteiger charge is -1.98. The first kappa shape index (κ1) is 9.00. The van der Waals surface area contributed by atoms with Crippen molar-refractivity contribution in [2.24, 2.45) is 0 Å². The molecule has 2 nitrogen and oxygen atoms in total. The van der Waals surface area contributed by atoms with Gasteiger partial charge in [-0.05, 0) is 18.6 Å². The van der Waals surface area contributed by atoms with E-state index in [0.29, 0.717) is 6.42 Å². The summed E-state index contributed by atoms with van der Waals surface area (Å²) in [6, 6.07) is 7.48. The third-order valence-electron chi connectivity index (χ3n) is 2.26. The summed E-state index contributed by atoms with van der Waals surface area (Å²) >= 11 is 0. The molecule has 2 rings (SSSR count). The average Bonchev–Trinajstić information content (AvgIpc) is 2.64. The zero-order valence-electron chi connectivity index (χ0n) is 8.12. The van der Waals surface area contributed by atoms with Gasteiger partial charge in [-0.15, -0.1) is 0 Å². The van der Waals surface area contributed by atoms with Gasteiger partial charge in [-0.25, -0.2) is 0 Å². The van der Waals surface area contributed by atoms with E-state index in [1.165, 1.54) is 0 Å². The van der Waals surface area contributed by atoms with Crippen LogP contribution in [0.1, 0.15) is 30.1 Å². The van der Waals surface area contributed by atoms with Crippen molar-refractivity contribution < 1.29 is 9.21 Å². The number of hydrogen-bond acceptors (Lipinski definition) is 2. The molecule has 0 aliphatic carbocycles. The monoisotopic (exact) mass is 188 g/mol. The van der Waals surface area contributed by atoms with Gasteiger partial charge < -0.3 is 4.42 Å². The van der Waals surface area contributed by atoms with Crippen molar-refractivity contribution in [3.63, 3.8) is 0 Å². The molecule has 2 aromatic rings. The Hall–Kier alpha value is -1.57. The lowest BCUT2D eigenvalue weighted by molar-refractivity contribution is 0.0982. The molecule has 0 aliphatic heterocycles. The van der Waals surface area contributed by atoms with Crippen LogP contribution in [0, 0.1) is 0 Å². The van der Waals surface area contributed by atoms with E-state index in [2.05, 4.69) is 0 Å². The summed E-state index contributed by atoms with van der Waals surface area (Å²) in [6.07, 6.45) is 3.12. The fourth-order valence-electron chi connectivity index (χ4n) is 1.50. The van der Waals surface area contributed by atoms with Gasteiger partial charge in [0.2, 0.25) is 0 Å². The van der Waals surface area contributed by atoms with E-state index in [1.807, 2.05) is 31.2 Å². The average molecular weight is 188 g/mol. The van der Waals surface area contributed by atoms with Crippen LogP contribution in [0.25, 0.3) is 11.0 Å². The summed E-state index contributed by atoms with van der Waals surface area (Å²) < 4.78 is 5.23. The molecule has 72 valence electrons. The van der Waals surface area contributed by atoms with Gasteiger partial charge in [0.05, 0.1) is 6.26 Å². The fourth-order valence-corrected chi connectivity index (χ4v) is 1.50. The van der Waals surface area contributed by atoms with E-state index in [0.717, 1.165) is 23.0 Å². The number of ketones is 1. The zero-order chi connectivity index (χ0) is 9.97. The van der Waals surface area contributed by atoms with Crippen LogP contribution in [0.4, 0.5) is 0 Å². The third-order valence-corrected chi connectivity index (χ3v) is 2.26. The Morgan fingerprint density at radius 2 is 2.21 bits per heavy atom. The molecule has 1 aromatic heterocycles. The van der Waals surface area contributed by atoms with Crippen molar-refractivity contribution in [1.29, 1.82) is 0 Å². The SMILES string of the molecule is CCCC(=O)c1ccc2ccoc2c1. The number of rotatable bonds is 3. The summed E-state index contributed by atoms with van der Waals surface area (Å²) in [6.45, 7) is 2.00. The van der Waals surface area contributed by atoms with Crippen LogP contribution >= 0.6 is 0 Å². The minimum Gasteiger partial charge on any atom is -0.464 e. The van der Waals surface area contributed by atoms with Gasteiger partial charge in [0.25, 0.3) is 0 Å². The van der Waals surface area contributed by atoms with Gasteiger partial charge in [0.1, 0.15) is 5.58 Å². The highest BCUT2D eigenvalue weighted by Crippen LogP contribution is 2.18. The Balaban J connectivity index is 2.38. The van der Waals surface area contributed by atoms with Gasteiger partial charge in [-0.1, -0.05) is 19.1 Å². The van der Waals surface area contributed by atoms with Crippen LogP contribution in [-0.4, -0.2) is 5.78 Å². The van der Waals surface area contributed by atoms with Crippen molar-refractivity contribution in [2.45, 2.75) is 19.8 Å². The summed E-state index contributed by atoms with van der Waals surface area (Å²) in [7, 11) is 0. The lowest BCUT2D eigenvalue weighted by atomic mass is 10.1. The van der Waals surface area contributed by atoms with Gasteiger partial charge in [0.15, 0.2) is 5.78 Å². The largest absolute Gasteiger partial charge is 0.464 e. The van der Waals surface area contributed by atoms with Crippen LogP contribution in [-0.2, 0) is 0 Å². The van der Waals surface area contributed by atoms with Crippen molar-refractivity contribution in [3.05, 3.63) is 36.1 Å². The topological polar surface area (TPSA) is 30.2 Å². The minimum absolute atomic E-state index is 0.186. The smallest absolute Gasteiger partial charge is 0.163 e. The highest BCUT2D eigenvalue weighted by Gasteiger charge is 2.06. The van der Waals surface area contributed by atoms with Crippen LogP contribution in [0.2, 0.25) is 0 Å². The number of fused-ring (bicyclic) bond motifs is 1. The molecule has 0 fully saturated rings. The number of furan rings is 1. The third kappa shape index (κ3) is 1.55. The first-order chi connectivity index (χ1) is 6.81. The standard InChI is InChI=1S/C12H12O2/c1-2-3-11(13)10-5-4-9-6-7-14-12(9)8-10/h4-8H,2-3H2,1H3. The van der Waals surface area contributed by atoms with Crippen LogP contribution in [0.15, 0.2) is 34.9 Å². The van der Waals surface area contributed by atoms with E-state index in [-0.39, 0.29) is 5.78 Å². The summed E-state index contributed by atoms with van der Waals surface area (Å²) in [4.78, 5) is 11.6. The van der Waals surface area contributed by atoms with Crippen molar-refractivity contribution in [1.82, 2.24) is 0 Å². The van der Waals surface area contributed by atoms with E-state index in [1.54, 1.807) is 6.26 Å². The Morgan fingerprint density at radius 3 is 3.00 bits per heavy atom. The zero-order valence-corrected chi connectivity index (χ0v) is 8.12. The number of hydrogen-bond donors (Lipinski definition) is 0. The molecule has 0 unspecified atom stereocenters. The molecule has 0 aliphatic rings. The van der Waals surface area contributed by atoms with Gasteiger partial charge in [0, 0.05) is 17.4 Å². The van der Waals surface area contributed by atoms with Crippen LogP contribution in [0.3, 0.4) is 0 Å².